The van der Waals surface area contributed by atoms with Crippen LogP contribution in [0.3, 0.4) is 0 Å². The first-order valence-electron chi connectivity index (χ1n) is 6.56. The monoisotopic (exact) mass is 281 g/mol. The molecular weight excluding hydrogens is 258 g/mol. The Labute approximate surface area is 120 Å². The third-order valence-corrected chi connectivity index (χ3v) is 2.30. The number of rotatable bonds is 6. The van der Waals surface area contributed by atoms with E-state index in [0.717, 1.165) is 11.3 Å². The van der Waals surface area contributed by atoms with Gasteiger partial charge in [-0.2, -0.15) is 0 Å². The van der Waals surface area contributed by atoms with Gasteiger partial charge in [-0.1, -0.05) is 12.1 Å². The molecule has 1 amide bonds. The van der Waals surface area contributed by atoms with Crippen molar-refractivity contribution in [2.75, 3.05) is 20.3 Å². The van der Waals surface area contributed by atoms with Crippen molar-refractivity contribution in [1.82, 2.24) is 5.32 Å². The van der Waals surface area contributed by atoms with Gasteiger partial charge < -0.3 is 19.5 Å². The Hall–Kier alpha value is -1.75. The second-order valence-electron chi connectivity index (χ2n) is 5.44. The lowest BCUT2D eigenvalue weighted by Crippen LogP contribution is -2.40. The number of hydrogen-bond acceptors (Lipinski definition) is 4. The summed E-state index contributed by atoms with van der Waals surface area (Å²) in [5, 5.41) is 2.74. The Morgan fingerprint density at radius 2 is 2.00 bits per heavy atom. The molecule has 0 fully saturated rings. The molecule has 1 N–H and O–H groups in total. The maximum Gasteiger partial charge on any atom is 0.407 e. The lowest BCUT2D eigenvalue weighted by atomic mass is 10.1. The first-order valence-corrected chi connectivity index (χ1v) is 6.56. The van der Waals surface area contributed by atoms with Crippen LogP contribution in [0, 0.1) is 0 Å². The van der Waals surface area contributed by atoms with E-state index in [1.54, 1.807) is 7.11 Å². The van der Waals surface area contributed by atoms with Crippen LogP contribution in [0.15, 0.2) is 24.3 Å². The van der Waals surface area contributed by atoms with E-state index in [1.807, 2.05) is 45.0 Å². The lowest BCUT2D eigenvalue weighted by Gasteiger charge is -2.20. The van der Waals surface area contributed by atoms with Crippen molar-refractivity contribution < 1.29 is 19.0 Å². The van der Waals surface area contributed by atoms with E-state index in [9.17, 15) is 4.79 Å². The zero-order valence-electron chi connectivity index (χ0n) is 12.6. The number of carbonyl (C=O) groups excluding carboxylic acids is 1. The quantitative estimate of drug-likeness (QED) is 0.815. The zero-order valence-corrected chi connectivity index (χ0v) is 12.6. The van der Waals surface area contributed by atoms with Gasteiger partial charge in [-0.15, -0.1) is 0 Å². The van der Waals surface area contributed by atoms with Crippen LogP contribution in [-0.2, 0) is 16.1 Å². The molecule has 0 atom stereocenters. The molecule has 1 aromatic rings. The van der Waals surface area contributed by atoms with Crippen LogP contribution in [0.2, 0.25) is 0 Å². The molecule has 112 valence electrons. The fourth-order valence-corrected chi connectivity index (χ4v) is 1.46. The molecule has 0 spiro atoms. The Morgan fingerprint density at radius 3 is 2.65 bits per heavy atom. The summed E-state index contributed by atoms with van der Waals surface area (Å²) in [6, 6.07) is 7.45. The first kappa shape index (κ1) is 16.3. The minimum absolute atomic E-state index is 0.212. The summed E-state index contributed by atoms with van der Waals surface area (Å²) in [6.07, 6.45) is -0.428. The van der Waals surface area contributed by atoms with Crippen molar-refractivity contribution >= 4 is 6.09 Å². The van der Waals surface area contributed by atoms with E-state index in [4.69, 9.17) is 14.2 Å². The maximum absolute atomic E-state index is 11.5. The number of benzene rings is 1. The average molecular weight is 281 g/mol. The molecule has 0 aliphatic carbocycles. The van der Waals surface area contributed by atoms with Gasteiger partial charge in [0.2, 0.25) is 0 Å². The van der Waals surface area contributed by atoms with Gasteiger partial charge in [0.1, 0.15) is 19.0 Å². The molecule has 0 bridgehead atoms. The van der Waals surface area contributed by atoms with Gasteiger partial charge >= 0.3 is 6.09 Å². The Morgan fingerprint density at radius 1 is 1.25 bits per heavy atom. The van der Waals surface area contributed by atoms with E-state index < -0.39 is 6.09 Å². The van der Waals surface area contributed by atoms with Crippen molar-refractivity contribution in [1.29, 1.82) is 0 Å². The number of ether oxygens (including phenoxy) is 3. The van der Waals surface area contributed by atoms with E-state index in [2.05, 4.69) is 5.32 Å². The minimum atomic E-state index is -0.428. The Kier molecular flexibility index (Phi) is 6.31. The second-order valence-corrected chi connectivity index (χ2v) is 5.44. The summed E-state index contributed by atoms with van der Waals surface area (Å²) in [5.41, 5.74) is 0.575. The second kappa shape index (κ2) is 7.75. The number of hydrogen-bond donors (Lipinski definition) is 1. The molecule has 5 nitrogen and oxygen atoms in total. The fraction of sp³-hybridized carbons (Fsp3) is 0.533. The summed E-state index contributed by atoms with van der Waals surface area (Å²) in [7, 11) is 1.63. The minimum Gasteiger partial charge on any atom is -0.491 e. The van der Waals surface area contributed by atoms with Crippen LogP contribution in [0.5, 0.6) is 5.75 Å². The zero-order chi connectivity index (χ0) is 15.0. The van der Waals surface area contributed by atoms with Crippen LogP contribution < -0.4 is 10.1 Å². The van der Waals surface area contributed by atoms with Crippen LogP contribution in [0.4, 0.5) is 4.79 Å². The van der Waals surface area contributed by atoms with Gasteiger partial charge in [0, 0.05) is 12.6 Å². The highest BCUT2D eigenvalue weighted by Crippen LogP contribution is 2.14. The van der Waals surface area contributed by atoms with Gasteiger partial charge in [-0.25, -0.2) is 4.79 Å². The normalized spacial score (nSPS) is 11.0. The van der Waals surface area contributed by atoms with Gasteiger partial charge in [-0.3, -0.25) is 0 Å². The molecule has 5 heteroatoms. The van der Waals surface area contributed by atoms with Crippen molar-refractivity contribution in [3.8, 4) is 5.75 Å². The van der Waals surface area contributed by atoms with Crippen LogP contribution in [0.1, 0.15) is 26.3 Å². The SMILES string of the molecule is COCCOc1cccc(COC(=O)NC(C)(C)C)c1. The van der Waals surface area contributed by atoms with Gasteiger partial charge in [0.05, 0.1) is 6.61 Å². The van der Waals surface area contributed by atoms with Crippen molar-refractivity contribution in [2.24, 2.45) is 0 Å². The molecular formula is C15H23NO4. The standard InChI is InChI=1S/C15H23NO4/c1-15(2,3)16-14(17)20-11-12-6-5-7-13(10-12)19-9-8-18-4/h5-7,10H,8-9,11H2,1-4H3,(H,16,17). The van der Waals surface area contributed by atoms with Gasteiger partial charge in [-0.05, 0) is 38.5 Å². The molecule has 0 saturated carbocycles. The van der Waals surface area contributed by atoms with Crippen molar-refractivity contribution in [2.45, 2.75) is 32.9 Å². The molecule has 0 saturated heterocycles. The number of carbonyl (C=O) groups is 1. The molecule has 20 heavy (non-hydrogen) atoms. The molecule has 0 aliphatic rings. The average Bonchev–Trinajstić information content (AvgIpc) is 2.35. The van der Waals surface area contributed by atoms with Crippen LogP contribution in [-0.4, -0.2) is 32.0 Å². The number of amides is 1. The highest BCUT2D eigenvalue weighted by atomic mass is 16.5. The summed E-state index contributed by atoms with van der Waals surface area (Å²) in [4.78, 5) is 11.5. The van der Waals surface area contributed by atoms with Gasteiger partial charge in [0.25, 0.3) is 0 Å². The van der Waals surface area contributed by atoms with E-state index in [-0.39, 0.29) is 12.1 Å². The molecule has 1 aromatic carbocycles. The molecule has 1 rings (SSSR count). The highest BCUT2D eigenvalue weighted by Gasteiger charge is 2.14. The predicted octanol–water partition coefficient (Wildman–Crippen LogP) is 2.74. The number of methoxy groups -OCH3 is 1. The maximum atomic E-state index is 11.5. The first-order chi connectivity index (χ1) is 9.40. The smallest absolute Gasteiger partial charge is 0.407 e. The molecule has 0 aromatic heterocycles. The number of alkyl carbamates (subject to hydrolysis) is 1. The molecule has 0 heterocycles. The van der Waals surface area contributed by atoms with E-state index >= 15 is 0 Å². The Balaban J connectivity index is 2.44. The summed E-state index contributed by atoms with van der Waals surface area (Å²) in [6.45, 7) is 6.94. The lowest BCUT2D eigenvalue weighted by molar-refractivity contribution is 0.130. The number of nitrogens with one attached hydrogen (secondary N) is 1. The predicted molar refractivity (Wildman–Crippen MR) is 76.9 cm³/mol. The third-order valence-electron chi connectivity index (χ3n) is 2.30. The van der Waals surface area contributed by atoms with E-state index in [1.165, 1.54) is 0 Å². The summed E-state index contributed by atoms with van der Waals surface area (Å²) in [5.74, 6) is 0.736. The third kappa shape index (κ3) is 6.99. The Bertz CT molecular complexity index is 426. The fourth-order valence-electron chi connectivity index (χ4n) is 1.46. The van der Waals surface area contributed by atoms with E-state index in [0.29, 0.717) is 13.2 Å². The van der Waals surface area contributed by atoms with Crippen LogP contribution in [0.25, 0.3) is 0 Å². The summed E-state index contributed by atoms with van der Waals surface area (Å²) >= 11 is 0. The van der Waals surface area contributed by atoms with Crippen LogP contribution >= 0.6 is 0 Å². The van der Waals surface area contributed by atoms with Crippen molar-refractivity contribution in [3.05, 3.63) is 29.8 Å². The molecule has 0 aliphatic heterocycles. The van der Waals surface area contributed by atoms with Gasteiger partial charge in [0.15, 0.2) is 0 Å². The topological polar surface area (TPSA) is 56.8 Å². The molecule has 0 unspecified atom stereocenters. The largest absolute Gasteiger partial charge is 0.491 e. The molecule has 0 radical (unpaired) electrons. The summed E-state index contributed by atoms with van der Waals surface area (Å²) < 4.78 is 15.6. The highest BCUT2D eigenvalue weighted by molar-refractivity contribution is 5.68. The van der Waals surface area contributed by atoms with Crippen molar-refractivity contribution in [3.63, 3.8) is 0 Å².